The number of carbonyl (C=O) groups is 3. The summed E-state index contributed by atoms with van der Waals surface area (Å²) in [5, 5.41) is 3.12. The van der Waals surface area contributed by atoms with E-state index in [1.807, 2.05) is 13.8 Å². The van der Waals surface area contributed by atoms with Crippen LogP contribution in [0.25, 0.3) is 0 Å². The molecule has 1 saturated heterocycles. The Morgan fingerprint density at radius 2 is 2.00 bits per heavy atom. The zero-order valence-corrected chi connectivity index (χ0v) is 13.8. The minimum atomic E-state index is -1.10. The molecule has 0 aromatic carbocycles. The van der Waals surface area contributed by atoms with Crippen molar-refractivity contribution in [1.29, 1.82) is 0 Å². The van der Waals surface area contributed by atoms with Crippen molar-refractivity contribution in [2.45, 2.75) is 59.5 Å². The van der Waals surface area contributed by atoms with Crippen LogP contribution in [0.5, 0.6) is 0 Å². The van der Waals surface area contributed by atoms with Crippen LogP contribution in [0.1, 0.15) is 48.0 Å². The van der Waals surface area contributed by atoms with E-state index < -0.39 is 16.9 Å². The number of esters is 1. The van der Waals surface area contributed by atoms with E-state index in [-0.39, 0.29) is 37.4 Å². The smallest absolute Gasteiger partial charge is 0.327 e. The van der Waals surface area contributed by atoms with Crippen molar-refractivity contribution in [3.63, 3.8) is 0 Å². The quantitative estimate of drug-likeness (QED) is 0.587. The van der Waals surface area contributed by atoms with Crippen LogP contribution in [0, 0.1) is 5.41 Å². The second-order valence-corrected chi connectivity index (χ2v) is 6.70. The first kappa shape index (κ1) is 17.6. The predicted octanol–water partition coefficient (Wildman–Crippen LogP) is 1.09. The van der Waals surface area contributed by atoms with Gasteiger partial charge in [-0.15, -0.1) is 0 Å². The Hall–Kier alpha value is -1.43. The second-order valence-electron chi connectivity index (χ2n) is 6.70. The highest BCUT2D eigenvalue weighted by Crippen LogP contribution is 2.32. The molecule has 1 rings (SSSR count). The first-order valence-corrected chi connectivity index (χ1v) is 7.33. The van der Waals surface area contributed by atoms with E-state index in [1.165, 1.54) is 4.90 Å². The number of hydrogen-bond acceptors (Lipinski definition) is 5. The lowest BCUT2D eigenvalue weighted by Crippen LogP contribution is -2.60. The fraction of sp³-hybridized carbons (Fsp3) is 0.800. The third-order valence-electron chi connectivity index (χ3n) is 3.53. The number of hydrogen-bond donors (Lipinski definition) is 1. The highest BCUT2D eigenvalue weighted by molar-refractivity contribution is 6.06. The number of nitrogens with one attached hydrogen (secondary N) is 1. The summed E-state index contributed by atoms with van der Waals surface area (Å²) in [4.78, 5) is 37.8. The Morgan fingerprint density at radius 3 is 2.38 bits per heavy atom. The Bertz CT molecular complexity index is 445. The number of imide groups is 1. The molecule has 1 fully saturated rings. The number of nitrogens with zero attached hydrogens (tertiary/aromatic N) is 1. The molecule has 0 spiro atoms. The van der Waals surface area contributed by atoms with Crippen LogP contribution in [0.3, 0.4) is 0 Å². The minimum Gasteiger partial charge on any atom is -0.465 e. The van der Waals surface area contributed by atoms with E-state index in [1.54, 1.807) is 27.7 Å². The summed E-state index contributed by atoms with van der Waals surface area (Å²) in [5.41, 5.74) is -1.81. The minimum absolute atomic E-state index is 0.00882. The van der Waals surface area contributed by atoms with Gasteiger partial charge >= 0.3 is 5.97 Å². The number of rotatable bonds is 6. The van der Waals surface area contributed by atoms with Gasteiger partial charge in [-0.2, -0.15) is 0 Å². The molecular formula is C15H26N2O4. The summed E-state index contributed by atoms with van der Waals surface area (Å²) in [5.74, 6) is -0.941. The number of carbonyl (C=O) groups excluding carboxylic acids is 3. The van der Waals surface area contributed by atoms with Crippen molar-refractivity contribution in [1.82, 2.24) is 10.2 Å². The predicted molar refractivity (Wildman–Crippen MR) is 78.4 cm³/mol. The van der Waals surface area contributed by atoms with Gasteiger partial charge in [0.05, 0.1) is 18.6 Å². The molecular weight excluding hydrogens is 272 g/mol. The molecule has 1 aliphatic heterocycles. The topological polar surface area (TPSA) is 75.7 Å². The van der Waals surface area contributed by atoms with Crippen molar-refractivity contribution >= 4 is 17.8 Å². The van der Waals surface area contributed by atoms with Crippen LogP contribution >= 0.6 is 0 Å². The monoisotopic (exact) mass is 298 g/mol. The van der Waals surface area contributed by atoms with Crippen molar-refractivity contribution in [2.24, 2.45) is 5.41 Å². The molecule has 1 unspecified atom stereocenters. The summed E-state index contributed by atoms with van der Waals surface area (Å²) in [6, 6.07) is 0.0141. The van der Waals surface area contributed by atoms with Gasteiger partial charge < -0.3 is 4.74 Å². The number of ether oxygens (including phenoxy) is 1. The maximum absolute atomic E-state index is 12.3. The average molecular weight is 298 g/mol. The van der Waals surface area contributed by atoms with Crippen LogP contribution in [0.15, 0.2) is 0 Å². The standard InChI is InChI=1S/C15H26N2O4/c1-7-21-13(20)15(6,16-10(2)3)9-17-11(18)8-14(4,5)12(17)19/h10,16H,7-9H2,1-6H3. The SMILES string of the molecule is CCOC(=O)C(C)(CN1C(=O)CC(C)(C)C1=O)NC(C)C. The van der Waals surface area contributed by atoms with Crippen molar-refractivity contribution < 1.29 is 19.1 Å². The molecule has 0 aromatic heterocycles. The Kier molecular flexibility index (Phi) is 5.15. The number of amides is 2. The largest absolute Gasteiger partial charge is 0.465 e. The highest BCUT2D eigenvalue weighted by atomic mass is 16.5. The van der Waals surface area contributed by atoms with Gasteiger partial charge in [-0.05, 0) is 27.7 Å². The van der Waals surface area contributed by atoms with Crippen LogP contribution in [0.2, 0.25) is 0 Å². The lowest BCUT2D eigenvalue weighted by atomic mass is 9.92. The van der Waals surface area contributed by atoms with Gasteiger partial charge in [-0.3, -0.25) is 19.8 Å². The van der Waals surface area contributed by atoms with E-state index in [0.29, 0.717) is 0 Å². The molecule has 0 bridgehead atoms. The third-order valence-corrected chi connectivity index (χ3v) is 3.53. The van der Waals surface area contributed by atoms with Gasteiger partial charge in [0.1, 0.15) is 5.54 Å². The van der Waals surface area contributed by atoms with E-state index in [4.69, 9.17) is 4.74 Å². The average Bonchev–Trinajstić information content (AvgIpc) is 2.51. The van der Waals surface area contributed by atoms with Gasteiger partial charge in [0.2, 0.25) is 11.8 Å². The number of likely N-dealkylation sites (tertiary alicyclic amines) is 1. The summed E-state index contributed by atoms with van der Waals surface area (Å²) < 4.78 is 5.09. The van der Waals surface area contributed by atoms with Crippen LogP contribution in [0.4, 0.5) is 0 Å². The maximum atomic E-state index is 12.3. The van der Waals surface area contributed by atoms with Gasteiger partial charge in [0.25, 0.3) is 0 Å². The summed E-state index contributed by atoms with van der Waals surface area (Å²) in [7, 11) is 0. The first-order chi connectivity index (χ1) is 9.53. The van der Waals surface area contributed by atoms with Gasteiger partial charge in [-0.25, -0.2) is 4.79 Å². The molecule has 1 heterocycles. The lowest BCUT2D eigenvalue weighted by Gasteiger charge is -2.33. The molecule has 21 heavy (non-hydrogen) atoms. The van der Waals surface area contributed by atoms with Gasteiger partial charge in [0.15, 0.2) is 0 Å². The first-order valence-electron chi connectivity index (χ1n) is 7.33. The molecule has 6 heteroatoms. The molecule has 1 atom stereocenters. The Morgan fingerprint density at radius 1 is 1.43 bits per heavy atom. The maximum Gasteiger partial charge on any atom is 0.327 e. The summed E-state index contributed by atoms with van der Waals surface area (Å²) in [6.45, 7) is 10.9. The van der Waals surface area contributed by atoms with Crippen LogP contribution in [-0.4, -0.2) is 47.4 Å². The Balaban J connectivity index is 2.99. The fourth-order valence-electron chi connectivity index (χ4n) is 2.60. The van der Waals surface area contributed by atoms with Crippen LogP contribution in [-0.2, 0) is 19.1 Å². The highest BCUT2D eigenvalue weighted by Gasteiger charge is 2.49. The van der Waals surface area contributed by atoms with E-state index in [9.17, 15) is 14.4 Å². The fourth-order valence-corrected chi connectivity index (χ4v) is 2.60. The third kappa shape index (κ3) is 3.81. The molecule has 0 aromatic rings. The van der Waals surface area contributed by atoms with Crippen molar-refractivity contribution in [3.8, 4) is 0 Å². The second kappa shape index (κ2) is 6.13. The van der Waals surface area contributed by atoms with Gasteiger partial charge in [0, 0.05) is 12.5 Å². The van der Waals surface area contributed by atoms with Gasteiger partial charge in [-0.1, -0.05) is 13.8 Å². The molecule has 1 aliphatic rings. The normalized spacial score (nSPS) is 20.8. The molecule has 0 saturated carbocycles. The van der Waals surface area contributed by atoms with E-state index >= 15 is 0 Å². The summed E-state index contributed by atoms with van der Waals surface area (Å²) >= 11 is 0. The molecule has 0 radical (unpaired) electrons. The molecule has 0 aliphatic carbocycles. The van der Waals surface area contributed by atoms with E-state index in [0.717, 1.165) is 0 Å². The van der Waals surface area contributed by atoms with Crippen LogP contribution < -0.4 is 5.32 Å². The zero-order chi connectivity index (χ0) is 16.4. The van der Waals surface area contributed by atoms with Crippen molar-refractivity contribution in [3.05, 3.63) is 0 Å². The molecule has 2 amide bonds. The summed E-state index contributed by atoms with van der Waals surface area (Å²) in [6.07, 6.45) is 0.173. The molecule has 1 N–H and O–H groups in total. The Labute approximate surface area is 126 Å². The van der Waals surface area contributed by atoms with E-state index in [2.05, 4.69) is 5.32 Å². The molecule has 6 nitrogen and oxygen atoms in total. The lowest BCUT2D eigenvalue weighted by molar-refractivity contribution is -0.153. The zero-order valence-electron chi connectivity index (χ0n) is 13.8. The van der Waals surface area contributed by atoms with Crippen molar-refractivity contribution in [2.75, 3.05) is 13.2 Å². The molecule has 120 valence electrons.